The summed E-state index contributed by atoms with van der Waals surface area (Å²) < 4.78 is 0. The van der Waals surface area contributed by atoms with Gasteiger partial charge in [0.15, 0.2) is 11.7 Å². The summed E-state index contributed by atoms with van der Waals surface area (Å²) in [5.74, 6) is 1.05. The Morgan fingerprint density at radius 1 is 0.761 bits per heavy atom. The number of nitrogens with zero attached hydrogens (tertiary/aromatic N) is 7. The Labute approximate surface area is 400 Å². The van der Waals surface area contributed by atoms with Gasteiger partial charge in [0.25, 0.3) is 0 Å². The maximum absolute atomic E-state index is 5.36. The number of fused-ring (bicyclic) bond motifs is 4. The lowest BCUT2D eigenvalue weighted by Crippen LogP contribution is -2.12. The molecule has 1 aliphatic rings. The van der Waals surface area contributed by atoms with E-state index in [0.717, 1.165) is 97.2 Å². The van der Waals surface area contributed by atoms with Crippen molar-refractivity contribution in [1.29, 1.82) is 0 Å². The molecule has 344 valence electrons. The van der Waals surface area contributed by atoms with Gasteiger partial charge in [-0.15, -0.1) is 13.2 Å². The number of pyridine rings is 3. The summed E-state index contributed by atoms with van der Waals surface area (Å²) in [6.45, 7) is 34.2. The van der Waals surface area contributed by atoms with Crippen LogP contribution in [0.4, 0.5) is 0 Å². The number of benzene rings is 3. The molecule has 0 unspecified atom stereocenters. The largest absolute Gasteiger partial charge is 0.266 e. The van der Waals surface area contributed by atoms with E-state index in [1.165, 1.54) is 11.1 Å². The summed E-state index contributed by atoms with van der Waals surface area (Å²) in [4.78, 5) is 35.2. The van der Waals surface area contributed by atoms with Crippen LogP contribution in [0.2, 0.25) is 0 Å². The van der Waals surface area contributed by atoms with Crippen molar-refractivity contribution in [3.63, 3.8) is 0 Å². The zero-order valence-corrected chi connectivity index (χ0v) is 41.8. The minimum Gasteiger partial charge on any atom is -0.266 e. The van der Waals surface area contributed by atoms with Gasteiger partial charge in [0.05, 0.1) is 33.8 Å². The first-order valence-corrected chi connectivity index (χ1v) is 23.5. The first kappa shape index (κ1) is 51.0. The van der Waals surface area contributed by atoms with Crippen molar-refractivity contribution >= 4 is 52.1 Å². The van der Waals surface area contributed by atoms with E-state index in [4.69, 9.17) is 29.9 Å². The van der Waals surface area contributed by atoms with Gasteiger partial charge in [-0.05, 0) is 109 Å². The Balaban J connectivity index is 0.00000204. The van der Waals surface area contributed by atoms with E-state index >= 15 is 0 Å². The van der Waals surface area contributed by atoms with Gasteiger partial charge < -0.3 is 0 Å². The predicted octanol–water partition coefficient (Wildman–Crippen LogP) is 15.8. The maximum Gasteiger partial charge on any atom is 0.161 e. The minimum absolute atomic E-state index is 0.00317. The third-order valence-electron chi connectivity index (χ3n) is 11.4. The molecular formula is C60H69N7. The van der Waals surface area contributed by atoms with Crippen molar-refractivity contribution in [3.05, 3.63) is 180 Å². The van der Waals surface area contributed by atoms with Gasteiger partial charge in [-0.1, -0.05) is 147 Å². The number of amidine groups is 2. The van der Waals surface area contributed by atoms with Crippen LogP contribution in [-0.2, 0) is 11.8 Å². The lowest BCUT2D eigenvalue weighted by Gasteiger charge is -2.19. The van der Waals surface area contributed by atoms with Crippen molar-refractivity contribution in [2.45, 2.75) is 101 Å². The second-order valence-corrected chi connectivity index (χ2v) is 17.9. The number of allylic oxidation sites excluding steroid dienone is 6. The molecule has 1 aliphatic carbocycles. The van der Waals surface area contributed by atoms with Crippen LogP contribution >= 0.6 is 0 Å². The molecule has 7 nitrogen and oxygen atoms in total. The Kier molecular flexibility index (Phi) is 17.9. The molecule has 3 aromatic carbocycles. The SMILES string of the molecule is C=C.C=NC(=NC(=NCC/C=C\C(=C/C)C(C)(C)C)c1ccc(C(C)(C)C)cc1)c1cc(-c2ccc3c(n2)C(N=CC)=C(CC)C=CC3)cc(-c2ccc3ccc4cccnc4c3n2)c1.CC. The molecule has 0 saturated heterocycles. The molecule has 0 radical (unpaired) electrons. The second kappa shape index (κ2) is 23.5. The Hall–Kier alpha value is -6.99. The highest BCUT2D eigenvalue weighted by Crippen LogP contribution is 2.34. The zero-order chi connectivity index (χ0) is 48.7. The molecule has 7 heteroatoms. The molecule has 0 bridgehead atoms. The third-order valence-corrected chi connectivity index (χ3v) is 11.4. The smallest absolute Gasteiger partial charge is 0.161 e. The molecule has 0 fully saturated rings. The van der Waals surface area contributed by atoms with Crippen LogP contribution in [0.5, 0.6) is 0 Å². The average Bonchev–Trinajstić information content (AvgIpc) is 3.52. The van der Waals surface area contributed by atoms with E-state index in [1.54, 1.807) is 0 Å². The number of aliphatic imine (C=N–C) groups is 4. The maximum atomic E-state index is 5.36. The fraction of sp³-hybridized carbons (Fsp3) is 0.283. The van der Waals surface area contributed by atoms with Crippen molar-refractivity contribution in [3.8, 4) is 22.5 Å². The summed E-state index contributed by atoms with van der Waals surface area (Å²) in [7, 11) is 0. The summed E-state index contributed by atoms with van der Waals surface area (Å²) in [5, 5.41) is 2.06. The number of rotatable bonds is 10. The van der Waals surface area contributed by atoms with Gasteiger partial charge in [-0.2, -0.15) is 0 Å². The highest BCUT2D eigenvalue weighted by atomic mass is 15.0. The molecule has 0 atom stereocenters. The number of hydrogen-bond donors (Lipinski definition) is 0. The molecule has 6 aromatic rings. The van der Waals surface area contributed by atoms with Crippen molar-refractivity contribution < 1.29 is 0 Å². The normalized spacial score (nSPS) is 13.6. The topological polar surface area (TPSA) is 88.1 Å². The quantitative estimate of drug-likeness (QED) is 0.0343. The summed E-state index contributed by atoms with van der Waals surface area (Å²) >= 11 is 0. The molecule has 0 saturated carbocycles. The molecule has 3 heterocycles. The van der Waals surface area contributed by atoms with Gasteiger partial charge >= 0.3 is 0 Å². The van der Waals surface area contributed by atoms with Gasteiger partial charge in [0, 0.05) is 52.0 Å². The lowest BCUT2D eigenvalue weighted by molar-refractivity contribution is 0.516. The number of hydrogen-bond acceptors (Lipinski definition) is 5. The first-order valence-electron chi connectivity index (χ1n) is 23.5. The van der Waals surface area contributed by atoms with E-state index in [9.17, 15) is 0 Å². The van der Waals surface area contributed by atoms with Gasteiger partial charge in [0.2, 0.25) is 0 Å². The molecule has 0 aliphatic heterocycles. The van der Waals surface area contributed by atoms with E-state index < -0.39 is 0 Å². The highest BCUT2D eigenvalue weighted by Gasteiger charge is 2.20. The van der Waals surface area contributed by atoms with Crippen molar-refractivity contribution in [2.24, 2.45) is 25.4 Å². The van der Waals surface area contributed by atoms with Crippen LogP contribution in [0.15, 0.2) is 172 Å². The fourth-order valence-corrected chi connectivity index (χ4v) is 7.91. The minimum atomic E-state index is 0.00317. The van der Waals surface area contributed by atoms with Gasteiger partial charge in [-0.25, -0.2) is 20.0 Å². The fourth-order valence-electron chi connectivity index (χ4n) is 7.91. The van der Waals surface area contributed by atoms with E-state index in [1.807, 2.05) is 39.2 Å². The van der Waals surface area contributed by atoms with Crippen LogP contribution in [0.25, 0.3) is 50.0 Å². The summed E-state index contributed by atoms with van der Waals surface area (Å²) in [5.41, 5.74) is 13.5. The van der Waals surface area contributed by atoms with Crippen LogP contribution in [-0.4, -0.2) is 46.1 Å². The monoisotopic (exact) mass is 888 g/mol. The molecule has 0 N–H and O–H groups in total. The van der Waals surface area contributed by atoms with Crippen molar-refractivity contribution in [2.75, 3.05) is 6.54 Å². The van der Waals surface area contributed by atoms with Crippen LogP contribution < -0.4 is 0 Å². The molecule has 0 spiro atoms. The zero-order valence-electron chi connectivity index (χ0n) is 41.8. The third kappa shape index (κ3) is 12.5. The van der Waals surface area contributed by atoms with Crippen LogP contribution in [0.3, 0.4) is 0 Å². The Morgan fingerprint density at radius 3 is 2.04 bits per heavy atom. The highest BCUT2D eigenvalue weighted by molar-refractivity contribution is 6.13. The van der Waals surface area contributed by atoms with Crippen LogP contribution in [0, 0.1) is 5.41 Å². The van der Waals surface area contributed by atoms with Gasteiger partial charge in [0.1, 0.15) is 0 Å². The van der Waals surface area contributed by atoms with E-state index in [2.05, 4.69) is 196 Å². The molecule has 7 rings (SSSR count). The molecule has 3 aromatic heterocycles. The second-order valence-electron chi connectivity index (χ2n) is 17.9. The molecular weight excluding hydrogens is 819 g/mol. The average molecular weight is 888 g/mol. The standard InChI is InChI=1S/C56H59N7.C2H6.C2H4/c1-11-37-18-16-19-39-26-30-47(61-51(39)49(37)58-13-3)42-34-43(48-31-27-40-23-22-38-20-17-33-59-50(38)52(40)62-48)36-44(35-42)53(57-10)63-54(41-24-28-46(29-25-41)56(7,8)9)60-32-15-14-21-45(12-2)55(4,5)6;2*1-2/h12-14,16-18,20-31,33-36H,10-11,15,19,32H2,1-9H3;1-2H3;1-2H2/b21-14-,45-12+,58-13?,60-54?,63-53?;;. The van der Waals surface area contributed by atoms with Gasteiger partial charge in [-0.3, -0.25) is 15.0 Å². The predicted molar refractivity (Wildman–Crippen MR) is 292 cm³/mol. The summed E-state index contributed by atoms with van der Waals surface area (Å²) in [6, 6.07) is 31.6. The number of aromatic nitrogens is 3. The van der Waals surface area contributed by atoms with E-state index in [-0.39, 0.29) is 10.8 Å². The van der Waals surface area contributed by atoms with Crippen molar-refractivity contribution in [1.82, 2.24) is 15.0 Å². The Morgan fingerprint density at radius 2 is 1.42 bits per heavy atom. The lowest BCUT2D eigenvalue weighted by atomic mass is 9.86. The van der Waals surface area contributed by atoms with Crippen LogP contribution in [0.1, 0.15) is 117 Å². The van der Waals surface area contributed by atoms with E-state index in [0.29, 0.717) is 18.2 Å². The molecule has 0 amide bonds. The Bertz CT molecular complexity index is 2910. The first-order chi connectivity index (χ1) is 32.3. The summed E-state index contributed by atoms with van der Waals surface area (Å²) in [6.07, 6.45) is 17.0. The molecule has 67 heavy (non-hydrogen) atoms.